The van der Waals surface area contributed by atoms with Crippen molar-refractivity contribution >= 4 is 33.6 Å². The van der Waals surface area contributed by atoms with Gasteiger partial charge < -0.3 is 18.9 Å². The van der Waals surface area contributed by atoms with E-state index in [1.54, 1.807) is 0 Å². The van der Waals surface area contributed by atoms with Crippen molar-refractivity contribution in [1.82, 2.24) is 4.90 Å². The van der Waals surface area contributed by atoms with E-state index in [-0.39, 0.29) is 32.7 Å². The molecule has 0 aromatic carbocycles. The van der Waals surface area contributed by atoms with E-state index in [4.69, 9.17) is 18.9 Å². The number of carbonyl (C=O) groups is 3. The summed E-state index contributed by atoms with van der Waals surface area (Å²) in [4.78, 5) is 37.8. The summed E-state index contributed by atoms with van der Waals surface area (Å²) in [6.45, 7) is 15.5. The average molecular weight is 458 g/mol. The molecule has 0 radical (unpaired) electrons. The molecule has 0 saturated carbocycles. The van der Waals surface area contributed by atoms with Crippen molar-refractivity contribution in [3.05, 3.63) is 0 Å². The van der Waals surface area contributed by atoms with Crippen molar-refractivity contribution in [1.29, 1.82) is 0 Å². The Morgan fingerprint density at radius 2 is 1.45 bits per heavy atom. The maximum Gasteiger partial charge on any atom is 0.303 e. The van der Waals surface area contributed by atoms with Gasteiger partial charge in [-0.25, -0.2) is 4.90 Å². The minimum Gasteiger partial charge on any atom is -0.457 e. The third-order valence-corrected chi connectivity index (χ3v) is 8.45. The average Bonchev–Trinajstić information content (AvgIpc) is 2.93. The summed E-state index contributed by atoms with van der Waals surface area (Å²) in [6.07, 6.45) is -1.36. The molecule has 0 spiro atoms. The third-order valence-electron chi connectivity index (χ3n) is 5.50. The summed E-state index contributed by atoms with van der Waals surface area (Å²) >= 11 is 0. The summed E-state index contributed by atoms with van der Waals surface area (Å²) in [5, 5.41) is 0.717. The molecule has 0 N–H and O–H groups in total. The van der Waals surface area contributed by atoms with Crippen molar-refractivity contribution in [2.45, 2.75) is 91.5 Å². The molecule has 0 bridgehead atoms. The summed E-state index contributed by atoms with van der Waals surface area (Å²) in [5.41, 5.74) is 0.204. The highest BCUT2D eigenvalue weighted by Crippen LogP contribution is 2.53. The lowest BCUT2D eigenvalue weighted by atomic mass is 9.77. The van der Waals surface area contributed by atoms with Crippen LogP contribution in [0.3, 0.4) is 0 Å². The first-order valence-electron chi connectivity index (χ1n) is 10.7. The molecular formula is C22H35NO7S. The van der Waals surface area contributed by atoms with Crippen molar-refractivity contribution in [3.8, 4) is 0 Å². The minimum absolute atomic E-state index is 0.0341. The Labute approximate surface area is 186 Å². The Hall–Kier alpha value is -1.45. The number of nitrogens with zero attached hydrogens (tertiary/aromatic N) is 1. The van der Waals surface area contributed by atoms with Crippen LogP contribution in [0, 0.1) is 10.8 Å². The zero-order chi connectivity index (χ0) is 23.3. The van der Waals surface area contributed by atoms with Crippen LogP contribution in [0.5, 0.6) is 0 Å². The lowest BCUT2D eigenvalue weighted by Crippen LogP contribution is -2.71. The molecule has 0 aliphatic carbocycles. The first-order chi connectivity index (χ1) is 14.2. The van der Waals surface area contributed by atoms with Crippen LogP contribution >= 0.6 is 10.5 Å². The van der Waals surface area contributed by atoms with Crippen molar-refractivity contribution < 1.29 is 33.3 Å². The highest BCUT2D eigenvalue weighted by atomic mass is 32.2. The molecule has 3 heterocycles. The van der Waals surface area contributed by atoms with Crippen LogP contribution in [0.1, 0.15) is 61.8 Å². The quantitative estimate of drug-likeness (QED) is 0.342. The highest BCUT2D eigenvalue weighted by molar-refractivity contribution is 8.17. The molecule has 3 aliphatic heterocycles. The molecule has 8 nitrogen and oxygen atoms in total. The molecule has 6 atom stereocenters. The lowest BCUT2D eigenvalue weighted by Gasteiger charge is -2.55. The fourth-order valence-electron chi connectivity index (χ4n) is 5.32. The van der Waals surface area contributed by atoms with Gasteiger partial charge in [-0.05, 0) is 23.0 Å². The maximum atomic E-state index is 12.0. The van der Waals surface area contributed by atoms with Gasteiger partial charge in [-0.1, -0.05) is 34.6 Å². The number of piperidine rings is 1. The fraction of sp³-hybridized carbons (Fsp3) is 0.818. The van der Waals surface area contributed by atoms with E-state index >= 15 is 0 Å². The zero-order valence-corrected chi connectivity index (χ0v) is 20.5. The van der Waals surface area contributed by atoms with Crippen molar-refractivity contribution in [3.63, 3.8) is 0 Å². The first kappa shape index (κ1) is 24.2. The molecule has 0 amide bonds. The minimum atomic E-state index is -0.875. The van der Waals surface area contributed by atoms with E-state index in [2.05, 4.69) is 39.5 Å². The van der Waals surface area contributed by atoms with Crippen LogP contribution in [0.25, 0.3) is 0 Å². The largest absolute Gasteiger partial charge is 0.457 e. The van der Waals surface area contributed by atoms with E-state index in [9.17, 15) is 14.4 Å². The van der Waals surface area contributed by atoms with Gasteiger partial charge in [0.25, 0.3) is 0 Å². The summed E-state index contributed by atoms with van der Waals surface area (Å²) in [6, 6.07) is -0.269. The second kappa shape index (κ2) is 8.48. The van der Waals surface area contributed by atoms with Gasteiger partial charge >= 0.3 is 17.9 Å². The van der Waals surface area contributed by atoms with Crippen molar-refractivity contribution in [2.24, 2.45) is 10.8 Å². The second-order valence-electron chi connectivity index (χ2n) is 10.6. The summed E-state index contributed by atoms with van der Waals surface area (Å²) in [5.74, 6) is -0.589. The number of ether oxygens (including phenoxy) is 4. The monoisotopic (exact) mass is 457 g/mol. The second-order valence-corrected chi connectivity index (χ2v) is 12.6. The molecule has 2 fully saturated rings. The lowest BCUT2D eigenvalue weighted by molar-refractivity contribution is -0.200. The number of esters is 3. The van der Waals surface area contributed by atoms with Crippen LogP contribution in [0.2, 0.25) is 0 Å². The predicted octanol–water partition coefficient (Wildman–Crippen LogP) is 2.65. The van der Waals surface area contributed by atoms with Crippen LogP contribution in [0.15, 0.2) is 0 Å². The molecule has 3 aliphatic rings. The van der Waals surface area contributed by atoms with E-state index in [0.29, 0.717) is 6.61 Å². The van der Waals surface area contributed by atoms with E-state index < -0.39 is 36.2 Å². The molecule has 0 aromatic rings. The molecule has 6 unspecified atom stereocenters. The van der Waals surface area contributed by atoms with Crippen LogP contribution in [0.4, 0.5) is 0 Å². The normalized spacial score (nSPS) is 32.7. The fourth-order valence-corrected chi connectivity index (χ4v) is 8.40. The Bertz CT molecular complexity index is 800. The van der Waals surface area contributed by atoms with Gasteiger partial charge in [-0.2, -0.15) is 0 Å². The zero-order valence-electron chi connectivity index (χ0n) is 19.7. The van der Waals surface area contributed by atoms with Gasteiger partial charge in [-0.15, -0.1) is 10.5 Å². The smallest absolute Gasteiger partial charge is 0.303 e. The molecule has 9 heteroatoms. The molecule has 0 aromatic heterocycles. The number of rotatable bonds is 6. The van der Waals surface area contributed by atoms with E-state index in [0.717, 1.165) is 17.3 Å². The topological polar surface area (TPSA) is 91.4 Å². The van der Waals surface area contributed by atoms with Gasteiger partial charge in [-0.3, -0.25) is 14.4 Å². The molecule has 176 valence electrons. The van der Waals surface area contributed by atoms with Gasteiger partial charge in [0, 0.05) is 20.8 Å². The third kappa shape index (κ3) is 5.14. The summed E-state index contributed by atoms with van der Waals surface area (Å²) < 4.78 is 22.9. The van der Waals surface area contributed by atoms with Gasteiger partial charge in [0.15, 0.2) is 23.5 Å². The van der Waals surface area contributed by atoms with Gasteiger partial charge in [0.2, 0.25) is 0 Å². The standard InChI is InChI=1S/C22H35NO7S/c1-12(24)28-16-15-9-27-20-23(15)19(18(30-14(3)26)17(16)29-13(2)25)31(20)11-22(7,8)10-21(4,5)6/h15-19H,9-11H2,1-8H3. The van der Waals surface area contributed by atoms with Crippen LogP contribution < -0.4 is 0 Å². The van der Waals surface area contributed by atoms with Crippen LogP contribution in [-0.4, -0.2) is 70.1 Å². The Balaban J connectivity index is 1.98. The Kier molecular flexibility index (Phi) is 6.62. The van der Waals surface area contributed by atoms with Crippen LogP contribution in [-0.2, 0) is 33.3 Å². The molecule has 31 heavy (non-hydrogen) atoms. The Morgan fingerprint density at radius 3 is 1.97 bits per heavy atom. The van der Waals surface area contributed by atoms with Crippen molar-refractivity contribution in [2.75, 3.05) is 12.4 Å². The predicted molar refractivity (Wildman–Crippen MR) is 117 cm³/mol. The summed E-state index contributed by atoms with van der Waals surface area (Å²) in [7, 11) is -0.312. The molecule has 3 rings (SSSR count). The number of carbonyl (C=O) groups excluding carboxylic acids is 3. The molecular weight excluding hydrogens is 422 g/mol. The maximum absolute atomic E-state index is 12.0. The highest BCUT2D eigenvalue weighted by Gasteiger charge is 2.64. The van der Waals surface area contributed by atoms with E-state index in [1.165, 1.54) is 20.8 Å². The molecule has 2 saturated heterocycles. The SMILES string of the molecule is CC(=O)OC1C(OC(C)=O)C2COC3=S(CC(C)(C)CC(C)(C)C)C(C1OC(C)=O)N32. The van der Waals surface area contributed by atoms with E-state index in [1.807, 2.05) is 0 Å². The van der Waals surface area contributed by atoms with Gasteiger partial charge in [0.1, 0.15) is 5.37 Å². The van der Waals surface area contributed by atoms with Gasteiger partial charge in [0.05, 0.1) is 12.6 Å². The number of hydrogen-bond donors (Lipinski definition) is 0. The first-order valence-corrected chi connectivity index (χ1v) is 12.2. The Morgan fingerprint density at radius 1 is 0.935 bits per heavy atom. The number of hydrogen-bond acceptors (Lipinski definition) is 8.